The van der Waals surface area contributed by atoms with Gasteiger partial charge in [-0.1, -0.05) is 109 Å². The van der Waals surface area contributed by atoms with Gasteiger partial charge < -0.3 is 18.0 Å². The minimum Gasteiger partial charge on any atom is -0.456 e. The Hall–Kier alpha value is -7.99. The molecule has 5 heteroatoms. The van der Waals surface area contributed by atoms with Gasteiger partial charge in [0.25, 0.3) is 0 Å². The van der Waals surface area contributed by atoms with Crippen LogP contribution < -0.4 is 0 Å². The second-order valence-corrected chi connectivity index (χ2v) is 18.8. The number of aromatic nitrogens is 2. The summed E-state index contributed by atoms with van der Waals surface area (Å²) in [6, 6.07) is 68.3. The largest absolute Gasteiger partial charge is 0.456 e. The molecule has 1 aliphatic heterocycles. The molecule has 15 rings (SSSR count). The van der Waals surface area contributed by atoms with E-state index < -0.39 is 0 Å². The van der Waals surface area contributed by atoms with Crippen LogP contribution in [0.4, 0.5) is 0 Å². The topological polar surface area (TPSA) is 36.1 Å². The molecule has 0 bridgehead atoms. The molecule has 0 saturated heterocycles. The molecule has 0 fully saturated rings. The van der Waals surface area contributed by atoms with Crippen molar-refractivity contribution in [1.82, 2.24) is 9.13 Å². The lowest BCUT2D eigenvalue weighted by atomic mass is 9.86. The summed E-state index contributed by atoms with van der Waals surface area (Å²) >= 11 is 1.97. The van der Waals surface area contributed by atoms with Crippen LogP contribution in [-0.2, 0) is 0 Å². The Bertz CT molecular complexity index is 4140. The number of allylic oxidation sites excluding steroid dienone is 3. The van der Waals surface area contributed by atoms with E-state index in [-0.39, 0.29) is 5.92 Å². The lowest BCUT2D eigenvalue weighted by Gasteiger charge is -2.19. The Balaban J connectivity index is 0.795. The highest BCUT2D eigenvalue weighted by Gasteiger charge is 2.33. The number of hydrogen-bond acceptors (Lipinski definition) is 3. The molecule has 304 valence electrons. The SMILES string of the molecule is C1=CC2Sc3ccc(-c4ccc5oc6ccc(-n7c8ccccc8c8ccccc87)cc6c5c4)cc3C2C=C1c1ccc2oc3ccc(-n4c5ccccc5c5ccccc54)cc3c2c1. The average Bonchev–Trinajstić information content (AvgIpc) is 4.17. The third kappa shape index (κ3) is 5.16. The molecule has 0 N–H and O–H groups in total. The lowest BCUT2D eigenvalue weighted by molar-refractivity contribution is 0.668. The predicted molar refractivity (Wildman–Crippen MR) is 271 cm³/mol. The quantitative estimate of drug-likeness (QED) is 0.177. The van der Waals surface area contributed by atoms with Crippen molar-refractivity contribution in [2.24, 2.45) is 0 Å². The second kappa shape index (κ2) is 13.3. The van der Waals surface area contributed by atoms with Gasteiger partial charge in [-0.3, -0.25) is 0 Å². The fourth-order valence-electron chi connectivity index (χ4n) is 11.0. The summed E-state index contributed by atoms with van der Waals surface area (Å²) in [5.41, 5.74) is 16.9. The highest BCUT2D eigenvalue weighted by molar-refractivity contribution is 8.00. The van der Waals surface area contributed by atoms with E-state index in [1.807, 2.05) is 11.8 Å². The molecule has 0 amide bonds. The van der Waals surface area contributed by atoms with Crippen LogP contribution in [0.25, 0.3) is 116 Å². The summed E-state index contributed by atoms with van der Waals surface area (Å²) in [5.74, 6) is 0.265. The molecular weight excluding hydrogens is 813 g/mol. The van der Waals surface area contributed by atoms with Crippen molar-refractivity contribution in [3.63, 3.8) is 0 Å². The molecule has 0 radical (unpaired) electrons. The van der Waals surface area contributed by atoms with E-state index >= 15 is 0 Å². The number of para-hydroxylation sites is 4. The Morgan fingerprint density at radius 2 is 0.815 bits per heavy atom. The van der Waals surface area contributed by atoms with Crippen molar-refractivity contribution in [2.75, 3.05) is 0 Å². The maximum atomic E-state index is 6.45. The first-order valence-corrected chi connectivity index (χ1v) is 23.2. The van der Waals surface area contributed by atoms with Gasteiger partial charge in [-0.2, -0.15) is 0 Å². The van der Waals surface area contributed by atoms with E-state index in [9.17, 15) is 0 Å². The fourth-order valence-corrected chi connectivity index (χ4v) is 12.3. The number of fused-ring (bicyclic) bond motifs is 15. The molecular formula is C60H36N2O2S. The van der Waals surface area contributed by atoms with E-state index in [0.29, 0.717) is 5.25 Å². The van der Waals surface area contributed by atoms with Gasteiger partial charge >= 0.3 is 0 Å². The first-order valence-electron chi connectivity index (χ1n) is 22.3. The molecule has 65 heavy (non-hydrogen) atoms. The van der Waals surface area contributed by atoms with Gasteiger partial charge in [-0.15, -0.1) is 11.8 Å². The zero-order chi connectivity index (χ0) is 42.3. The molecule has 13 aromatic rings. The molecule has 0 saturated carbocycles. The number of nitrogens with zero attached hydrogens (tertiary/aromatic N) is 2. The van der Waals surface area contributed by atoms with Crippen LogP contribution in [0.3, 0.4) is 0 Å². The molecule has 0 spiro atoms. The van der Waals surface area contributed by atoms with Crippen molar-refractivity contribution in [1.29, 1.82) is 0 Å². The van der Waals surface area contributed by atoms with Crippen LogP contribution in [0.1, 0.15) is 17.0 Å². The Labute approximate surface area is 376 Å². The average molecular weight is 849 g/mol. The van der Waals surface area contributed by atoms with E-state index in [2.05, 4.69) is 215 Å². The third-order valence-corrected chi connectivity index (χ3v) is 15.4. The molecule has 2 unspecified atom stereocenters. The highest BCUT2D eigenvalue weighted by atomic mass is 32.2. The van der Waals surface area contributed by atoms with E-state index in [4.69, 9.17) is 8.83 Å². The van der Waals surface area contributed by atoms with Crippen molar-refractivity contribution in [2.45, 2.75) is 16.1 Å². The van der Waals surface area contributed by atoms with E-state index in [1.54, 1.807) is 0 Å². The number of benzene rings is 9. The zero-order valence-corrected chi connectivity index (χ0v) is 35.7. The minimum absolute atomic E-state index is 0.265. The van der Waals surface area contributed by atoms with Gasteiger partial charge in [0, 0.05) is 70.5 Å². The predicted octanol–water partition coefficient (Wildman–Crippen LogP) is 16.6. The summed E-state index contributed by atoms with van der Waals surface area (Å²) in [5, 5.41) is 9.88. The number of thioether (sulfide) groups is 1. The maximum Gasteiger partial charge on any atom is 0.135 e. The summed E-state index contributed by atoms with van der Waals surface area (Å²) in [6.07, 6.45) is 7.21. The van der Waals surface area contributed by atoms with Crippen LogP contribution in [-0.4, -0.2) is 14.4 Å². The van der Waals surface area contributed by atoms with Crippen LogP contribution >= 0.6 is 11.8 Å². The van der Waals surface area contributed by atoms with Crippen LogP contribution in [0.5, 0.6) is 0 Å². The van der Waals surface area contributed by atoms with Gasteiger partial charge in [-0.25, -0.2) is 0 Å². The maximum absolute atomic E-state index is 6.45. The highest BCUT2D eigenvalue weighted by Crippen LogP contribution is 2.51. The standard InChI is InChI=1S/C60H36N2O2S/c1-5-13-51-41(9-1)42-10-2-6-14-52(42)61(51)39-21-25-57-47(33-39)45-29-35(17-23-55(45)63-57)37-19-27-59-49(31-37)50-32-38(20-28-60(50)65-59)36-18-24-56-46(30-36)48-34-40(22-26-58(48)64-56)62-53-15-7-3-11-43(53)44-12-4-8-16-54(44)62/h1-34,49,59H. The Kier molecular flexibility index (Phi) is 7.24. The molecule has 9 aromatic carbocycles. The number of hydrogen-bond donors (Lipinski definition) is 0. The van der Waals surface area contributed by atoms with Crippen molar-refractivity contribution < 1.29 is 8.83 Å². The van der Waals surface area contributed by atoms with Crippen LogP contribution in [0.15, 0.2) is 220 Å². The molecule has 4 nitrogen and oxygen atoms in total. The number of furan rings is 2. The summed E-state index contributed by atoms with van der Waals surface area (Å²) in [6.45, 7) is 0. The normalized spacial score (nSPS) is 16.0. The lowest BCUT2D eigenvalue weighted by Crippen LogP contribution is -2.09. The van der Waals surface area contributed by atoms with Crippen LogP contribution in [0.2, 0.25) is 0 Å². The second-order valence-electron chi connectivity index (χ2n) is 17.6. The first-order chi connectivity index (χ1) is 32.2. The van der Waals surface area contributed by atoms with Crippen molar-refractivity contribution in [3.05, 3.63) is 217 Å². The van der Waals surface area contributed by atoms with Gasteiger partial charge in [0.1, 0.15) is 22.3 Å². The smallest absolute Gasteiger partial charge is 0.135 e. The minimum atomic E-state index is 0.265. The Morgan fingerprint density at radius 3 is 1.35 bits per heavy atom. The molecule has 1 aliphatic carbocycles. The summed E-state index contributed by atoms with van der Waals surface area (Å²) in [4.78, 5) is 1.35. The summed E-state index contributed by atoms with van der Waals surface area (Å²) < 4.78 is 17.7. The van der Waals surface area contributed by atoms with Crippen LogP contribution in [0, 0.1) is 0 Å². The molecule has 5 heterocycles. The van der Waals surface area contributed by atoms with E-state index in [0.717, 1.165) is 55.3 Å². The van der Waals surface area contributed by atoms with Gasteiger partial charge in [0.15, 0.2) is 0 Å². The van der Waals surface area contributed by atoms with E-state index in [1.165, 1.54) is 76.3 Å². The van der Waals surface area contributed by atoms with Crippen molar-refractivity contribution in [3.8, 4) is 22.5 Å². The van der Waals surface area contributed by atoms with Crippen molar-refractivity contribution >= 4 is 105 Å². The molecule has 2 aliphatic rings. The van der Waals surface area contributed by atoms with Gasteiger partial charge in [0.05, 0.1) is 22.1 Å². The Morgan fingerprint density at radius 1 is 0.385 bits per heavy atom. The monoisotopic (exact) mass is 848 g/mol. The number of rotatable bonds is 4. The van der Waals surface area contributed by atoms with Gasteiger partial charge in [-0.05, 0) is 125 Å². The molecule has 4 aromatic heterocycles. The first kappa shape index (κ1) is 35.5. The third-order valence-electron chi connectivity index (χ3n) is 14.1. The van der Waals surface area contributed by atoms with Gasteiger partial charge in [0.2, 0.25) is 0 Å². The summed E-state index contributed by atoms with van der Waals surface area (Å²) in [7, 11) is 0. The fraction of sp³-hybridized carbons (Fsp3) is 0.0333. The zero-order valence-electron chi connectivity index (χ0n) is 34.9. The molecule has 2 atom stereocenters.